The van der Waals surface area contributed by atoms with Crippen molar-refractivity contribution < 1.29 is 32.1 Å². The Hall–Kier alpha value is -2.31. The van der Waals surface area contributed by atoms with Crippen molar-refractivity contribution in [1.29, 1.82) is 0 Å². The van der Waals surface area contributed by atoms with E-state index in [-0.39, 0.29) is 17.1 Å². The molecule has 0 radical (unpaired) electrons. The maximum atomic E-state index is 13.1. The molecule has 0 aromatic heterocycles. The molecule has 9 nitrogen and oxygen atoms in total. The quantitative estimate of drug-likeness (QED) is 0.162. The van der Waals surface area contributed by atoms with E-state index in [1.807, 2.05) is 0 Å². The molecule has 0 bridgehead atoms. The number of rotatable bonds is 6. The van der Waals surface area contributed by atoms with E-state index in [4.69, 9.17) is 11.0 Å². The van der Waals surface area contributed by atoms with Gasteiger partial charge >= 0.3 is 0 Å². The number of hydrogen-bond donors (Lipinski definition) is 2. The van der Waals surface area contributed by atoms with Gasteiger partial charge in [-0.05, 0) is 22.0 Å². The van der Waals surface area contributed by atoms with Crippen molar-refractivity contribution in [1.82, 2.24) is 0 Å². The highest BCUT2D eigenvalue weighted by molar-refractivity contribution is 9.10. The van der Waals surface area contributed by atoms with Crippen LogP contribution in [0, 0.1) is 0 Å². The average molecular weight is 528 g/mol. The van der Waals surface area contributed by atoms with E-state index in [9.17, 15) is 18.0 Å². The summed E-state index contributed by atoms with van der Waals surface area (Å²) < 4.78 is 23.1. The minimum Gasteiger partial charge on any atom is -0.707 e. The third-order valence-corrected chi connectivity index (χ3v) is 5.54. The summed E-state index contributed by atoms with van der Waals surface area (Å²) in [5.41, 5.74) is 8.61. The fourth-order valence-electron chi connectivity index (χ4n) is 3.20. The van der Waals surface area contributed by atoms with Crippen LogP contribution in [0.3, 0.4) is 0 Å². The Morgan fingerprint density at radius 2 is 1.59 bits per heavy atom. The second-order valence-electron chi connectivity index (χ2n) is 8.34. The van der Waals surface area contributed by atoms with Crippen molar-refractivity contribution in [3.8, 4) is 0 Å². The van der Waals surface area contributed by atoms with Crippen LogP contribution < -0.4 is 16.3 Å². The van der Waals surface area contributed by atoms with E-state index >= 15 is 0 Å². The molecule has 1 aliphatic rings. The summed E-state index contributed by atoms with van der Waals surface area (Å²) >= 11 is 3.42. The lowest BCUT2D eigenvalue weighted by molar-refractivity contribution is -0.870. The number of nitrogens with two attached hydrogens (primary N) is 1. The molecule has 3 N–H and O–H groups in total. The first-order valence-electron chi connectivity index (χ1n) is 9.63. The number of anilines is 2. The van der Waals surface area contributed by atoms with Crippen LogP contribution in [0.15, 0.2) is 34.8 Å². The normalized spacial score (nSPS) is 13.1. The monoisotopic (exact) mass is 527 g/mol. The topological polar surface area (TPSA) is 139 Å². The molecule has 0 amide bonds. The lowest BCUT2D eigenvalue weighted by Gasteiger charge is -2.25. The van der Waals surface area contributed by atoms with E-state index in [2.05, 4.69) is 46.7 Å². The highest BCUT2D eigenvalue weighted by atomic mass is 79.9. The van der Waals surface area contributed by atoms with E-state index in [0.29, 0.717) is 45.3 Å². The summed E-state index contributed by atoms with van der Waals surface area (Å²) in [4.78, 5) is 26.0. The van der Waals surface area contributed by atoms with E-state index < -0.39 is 10.1 Å². The molecule has 174 valence electrons. The lowest BCUT2D eigenvalue weighted by atomic mass is 9.82. The number of nitrogens with one attached hydrogen (secondary N) is 1. The SMILES string of the molecule is CS(=O)(=O)O[O-].C[N+](C)(C)CCCNc1cc(Br)c(N)c2c1C(=O)c1ccccc1C2=O. The predicted molar refractivity (Wildman–Crippen MR) is 124 cm³/mol. The minimum absolute atomic E-state index is 0.163. The fraction of sp³-hybridized carbons (Fsp3) is 0.333. The molecule has 0 fully saturated rings. The van der Waals surface area contributed by atoms with Gasteiger partial charge in [0.25, 0.3) is 10.1 Å². The van der Waals surface area contributed by atoms with E-state index in [0.717, 1.165) is 17.4 Å². The number of halogens is 1. The third kappa shape index (κ3) is 6.36. The van der Waals surface area contributed by atoms with Gasteiger partial charge in [0.2, 0.25) is 0 Å². The van der Waals surface area contributed by atoms with Gasteiger partial charge in [-0.15, -0.1) is 0 Å². The lowest BCUT2D eigenvalue weighted by Crippen LogP contribution is -2.36. The Balaban J connectivity index is 0.000000534. The highest BCUT2D eigenvalue weighted by Crippen LogP contribution is 2.39. The molecule has 0 unspecified atom stereocenters. The number of nitrogens with zero attached hydrogens (tertiary/aromatic N) is 1. The van der Waals surface area contributed by atoms with Gasteiger partial charge in [0.1, 0.15) is 0 Å². The molecule has 11 heteroatoms. The van der Waals surface area contributed by atoms with Crippen LogP contribution in [0.2, 0.25) is 0 Å². The van der Waals surface area contributed by atoms with Gasteiger partial charge < -0.3 is 25.1 Å². The van der Waals surface area contributed by atoms with E-state index in [1.54, 1.807) is 30.3 Å². The molecule has 32 heavy (non-hydrogen) atoms. The number of fused-ring (bicyclic) bond motifs is 2. The second kappa shape index (κ2) is 10.1. The largest absolute Gasteiger partial charge is 0.707 e. The van der Waals surface area contributed by atoms with Gasteiger partial charge in [0.05, 0.1) is 50.8 Å². The average Bonchev–Trinajstić information content (AvgIpc) is 2.71. The molecule has 2 aromatic rings. The first kappa shape index (κ1) is 25.9. The Morgan fingerprint density at radius 1 is 1.09 bits per heavy atom. The zero-order chi connectivity index (χ0) is 24.3. The number of carbonyl (C=O) groups is 2. The Morgan fingerprint density at radius 3 is 2.06 bits per heavy atom. The van der Waals surface area contributed by atoms with Crippen molar-refractivity contribution >= 4 is 49.0 Å². The summed E-state index contributed by atoms with van der Waals surface area (Å²) in [5, 5.41) is 12.2. The molecule has 3 rings (SSSR count). The van der Waals surface area contributed by atoms with Crippen molar-refractivity contribution in [3.05, 3.63) is 57.1 Å². The number of ketones is 2. The summed E-state index contributed by atoms with van der Waals surface area (Å²) in [6.07, 6.45) is 1.62. The van der Waals surface area contributed by atoms with Crippen molar-refractivity contribution in [3.63, 3.8) is 0 Å². The summed E-state index contributed by atoms with van der Waals surface area (Å²) in [5.74, 6) is -0.369. The molecule has 1 aliphatic carbocycles. The molecule has 0 saturated carbocycles. The number of nitrogen functional groups attached to an aromatic ring is 1. The second-order valence-corrected chi connectivity index (χ2v) is 10.7. The first-order valence-corrected chi connectivity index (χ1v) is 12.2. The van der Waals surface area contributed by atoms with Crippen LogP contribution in [-0.4, -0.2) is 65.0 Å². The number of quaternary nitrogens is 1. The van der Waals surface area contributed by atoms with Crippen LogP contribution in [0.1, 0.15) is 38.3 Å². The van der Waals surface area contributed by atoms with Crippen molar-refractivity contribution in [2.24, 2.45) is 0 Å². The molecule has 0 heterocycles. The van der Waals surface area contributed by atoms with E-state index in [1.165, 1.54) is 0 Å². The molecule has 0 spiro atoms. The van der Waals surface area contributed by atoms with Crippen molar-refractivity contribution in [2.45, 2.75) is 6.42 Å². The van der Waals surface area contributed by atoms with Crippen LogP contribution in [0.4, 0.5) is 11.4 Å². The minimum atomic E-state index is -3.72. The van der Waals surface area contributed by atoms with Gasteiger partial charge in [0.15, 0.2) is 11.6 Å². The van der Waals surface area contributed by atoms with Gasteiger partial charge in [-0.25, -0.2) is 8.42 Å². The zero-order valence-corrected chi connectivity index (χ0v) is 20.7. The Bertz CT molecular complexity index is 1140. The summed E-state index contributed by atoms with van der Waals surface area (Å²) in [6.45, 7) is 1.71. The molecule has 2 aromatic carbocycles. The molecule has 0 atom stereocenters. The van der Waals surface area contributed by atoms with Gasteiger partial charge in [-0.2, -0.15) is 0 Å². The summed E-state index contributed by atoms with van der Waals surface area (Å²) in [6, 6.07) is 8.68. The maximum absolute atomic E-state index is 13.1. The molecule has 0 aliphatic heterocycles. The van der Waals surface area contributed by atoms with Gasteiger partial charge in [0, 0.05) is 34.3 Å². The zero-order valence-electron chi connectivity index (χ0n) is 18.3. The number of hydrogen-bond acceptors (Lipinski definition) is 8. The number of carbonyl (C=O) groups excluding carboxylic acids is 2. The Labute approximate surface area is 195 Å². The molecular weight excluding hydrogens is 502 g/mol. The van der Waals surface area contributed by atoms with Crippen molar-refractivity contribution in [2.75, 3.05) is 51.5 Å². The first-order chi connectivity index (χ1) is 14.8. The molecular formula is C21H26BrN3O6S. The number of benzene rings is 2. The summed E-state index contributed by atoms with van der Waals surface area (Å²) in [7, 11) is 2.70. The Kier molecular flexibility index (Phi) is 8.18. The van der Waals surface area contributed by atoms with Crippen LogP contribution in [-0.2, 0) is 14.5 Å². The molecule has 0 saturated heterocycles. The predicted octanol–water partition coefficient (Wildman–Crippen LogP) is 1.55. The van der Waals surface area contributed by atoms with Gasteiger partial charge in [-0.1, -0.05) is 24.3 Å². The van der Waals surface area contributed by atoms with Crippen LogP contribution >= 0.6 is 15.9 Å². The fourth-order valence-corrected chi connectivity index (χ4v) is 3.63. The van der Waals surface area contributed by atoms with Gasteiger partial charge in [-0.3, -0.25) is 9.59 Å². The smallest absolute Gasteiger partial charge is 0.255 e. The van der Waals surface area contributed by atoms with Crippen LogP contribution in [0.25, 0.3) is 0 Å². The van der Waals surface area contributed by atoms with Crippen LogP contribution in [0.5, 0.6) is 0 Å². The maximum Gasteiger partial charge on any atom is 0.255 e. The highest BCUT2D eigenvalue weighted by Gasteiger charge is 2.34. The third-order valence-electron chi connectivity index (χ3n) is 4.63. The standard InChI is InChI=1S/C20H22BrN3O2.CH4O4S/c1-24(2,3)10-6-9-23-15-11-14(21)18(22)17-16(15)19(25)12-7-4-5-8-13(12)20(17)26;1-6(3,4)5-2/h4-5,7-8,11H,6,9-10H2,1-3H3,(H2-,22,23,25,26);2H,1H3.